The first kappa shape index (κ1) is 16.3. The molecule has 0 aliphatic carbocycles. The van der Waals surface area contributed by atoms with E-state index < -0.39 is 5.97 Å². The van der Waals surface area contributed by atoms with Crippen LogP contribution in [0.2, 0.25) is 0 Å². The maximum Gasteiger partial charge on any atom is 0.317 e. The molecule has 1 amide bonds. The minimum absolute atomic E-state index is 0.0150. The second-order valence-electron chi connectivity index (χ2n) is 5.25. The fourth-order valence-electron chi connectivity index (χ4n) is 2.41. The van der Waals surface area contributed by atoms with Crippen LogP contribution < -0.4 is 5.32 Å². The van der Waals surface area contributed by atoms with Gasteiger partial charge in [0.2, 0.25) is 0 Å². The SMILES string of the molecule is CNC(=O)c1cnc(CC2COCCN(CC(=O)O)C2)cn1. The monoisotopic (exact) mass is 308 g/mol. The average Bonchev–Trinajstić information content (AvgIpc) is 2.71. The summed E-state index contributed by atoms with van der Waals surface area (Å²) in [7, 11) is 1.54. The quantitative estimate of drug-likeness (QED) is 0.749. The number of nitrogens with zero attached hydrogens (tertiary/aromatic N) is 3. The van der Waals surface area contributed by atoms with Crippen molar-refractivity contribution >= 4 is 11.9 Å². The maximum atomic E-state index is 11.4. The van der Waals surface area contributed by atoms with Crippen LogP contribution in [0.3, 0.4) is 0 Å². The van der Waals surface area contributed by atoms with Gasteiger partial charge in [0.25, 0.3) is 5.91 Å². The van der Waals surface area contributed by atoms with Crippen LogP contribution in [-0.4, -0.2) is 71.7 Å². The van der Waals surface area contributed by atoms with E-state index in [1.807, 2.05) is 4.90 Å². The van der Waals surface area contributed by atoms with Crippen LogP contribution in [0.5, 0.6) is 0 Å². The van der Waals surface area contributed by atoms with Crippen molar-refractivity contribution in [1.82, 2.24) is 20.2 Å². The van der Waals surface area contributed by atoms with E-state index in [2.05, 4.69) is 15.3 Å². The van der Waals surface area contributed by atoms with Crippen molar-refractivity contribution in [2.75, 3.05) is 39.9 Å². The molecule has 2 N–H and O–H groups in total. The van der Waals surface area contributed by atoms with Gasteiger partial charge >= 0.3 is 5.97 Å². The van der Waals surface area contributed by atoms with Crippen molar-refractivity contribution in [2.24, 2.45) is 5.92 Å². The number of carboxylic acids is 1. The molecule has 1 aromatic rings. The van der Waals surface area contributed by atoms with E-state index in [4.69, 9.17) is 9.84 Å². The Kier molecular flexibility index (Phi) is 5.79. The number of hydrogen-bond donors (Lipinski definition) is 2. The van der Waals surface area contributed by atoms with Gasteiger partial charge in [-0.05, 0) is 6.42 Å². The Bertz CT molecular complexity index is 520. The average molecular weight is 308 g/mol. The number of carbonyl (C=O) groups is 2. The van der Waals surface area contributed by atoms with E-state index >= 15 is 0 Å². The lowest BCUT2D eigenvalue weighted by molar-refractivity contribution is -0.138. The van der Waals surface area contributed by atoms with Gasteiger partial charge in [0, 0.05) is 32.3 Å². The van der Waals surface area contributed by atoms with Crippen molar-refractivity contribution in [3.05, 3.63) is 23.8 Å². The molecule has 0 spiro atoms. The van der Waals surface area contributed by atoms with Gasteiger partial charge in [0.05, 0.1) is 31.6 Å². The Morgan fingerprint density at radius 2 is 2.27 bits per heavy atom. The zero-order valence-electron chi connectivity index (χ0n) is 12.5. The Morgan fingerprint density at radius 1 is 1.45 bits per heavy atom. The molecule has 0 bridgehead atoms. The summed E-state index contributed by atoms with van der Waals surface area (Å²) in [6.45, 7) is 2.37. The molecule has 2 heterocycles. The van der Waals surface area contributed by atoms with Gasteiger partial charge in [-0.15, -0.1) is 0 Å². The molecule has 1 aliphatic rings. The first-order valence-electron chi connectivity index (χ1n) is 7.13. The van der Waals surface area contributed by atoms with E-state index in [0.717, 1.165) is 5.69 Å². The zero-order chi connectivity index (χ0) is 15.9. The molecule has 0 saturated carbocycles. The van der Waals surface area contributed by atoms with Crippen molar-refractivity contribution in [2.45, 2.75) is 6.42 Å². The van der Waals surface area contributed by atoms with Crippen LogP contribution >= 0.6 is 0 Å². The first-order valence-corrected chi connectivity index (χ1v) is 7.13. The van der Waals surface area contributed by atoms with Crippen LogP contribution in [0.25, 0.3) is 0 Å². The maximum absolute atomic E-state index is 11.4. The highest BCUT2D eigenvalue weighted by atomic mass is 16.5. The van der Waals surface area contributed by atoms with Crippen LogP contribution in [-0.2, 0) is 16.0 Å². The number of hydrogen-bond acceptors (Lipinski definition) is 6. The number of ether oxygens (including phenoxy) is 1. The van der Waals surface area contributed by atoms with Gasteiger partial charge in [0.1, 0.15) is 5.69 Å². The predicted octanol–water partition coefficient (Wildman–Crippen LogP) is -0.588. The highest BCUT2D eigenvalue weighted by molar-refractivity contribution is 5.91. The molecular formula is C14H20N4O4. The second kappa shape index (κ2) is 7.81. The van der Waals surface area contributed by atoms with Gasteiger partial charge in [0.15, 0.2) is 0 Å². The number of rotatable bonds is 5. The highest BCUT2D eigenvalue weighted by Gasteiger charge is 2.21. The molecule has 1 aromatic heterocycles. The molecule has 8 heteroatoms. The molecular weight excluding hydrogens is 288 g/mol. The topological polar surface area (TPSA) is 105 Å². The standard InChI is InChI=1S/C14H20N4O4/c1-15-14(21)12-6-16-11(5-17-12)4-10-7-18(8-13(19)20)2-3-22-9-10/h5-6,10H,2-4,7-9H2,1H3,(H,15,21)(H,19,20). The molecule has 8 nitrogen and oxygen atoms in total. The number of carbonyl (C=O) groups excluding carboxylic acids is 1. The second-order valence-corrected chi connectivity index (χ2v) is 5.25. The Balaban J connectivity index is 1.96. The normalized spacial score (nSPS) is 19.4. The molecule has 0 aromatic carbocycles. The third kappa shape index (κ3) is 4.74. The Labute approximate surface area is 128 Å². The summed E-state index contributed by atoms with van der Waals surface area (Å²) in [6, 6.07) is 0. The molecule has 1 fully saturated rings. The van der Waals surface area contributed by atoms with Crippen molar-refractivity contribution in [1.29, 1.82) is 0 Å². The first-order chi connectivity index (χ1) is 10.6. The highest BCUT2D eigenvalue weighted by Crippen LogP contribution is 2.12. The molecule has 22 heavy (non-hydrogen) atoms. The van der Waals surface area contributed by atoms with Crippen molar-refractivity contribution < 1.29 is 19.4 Å². The summed E-state index contributed by atoms with van der Waals surface area (Å²) in [5, 5.41) is 11.4. The lowest BCUT2D eigenvalue weighted by atomic mass is 10.0. The fraction of sp³-hybridized carbons (Fsp3) is 0.571. The third-order valence-electron chi connectivity index (χ3n) is 3.44. The van der Waals surface area contributed by atoms with Crippen LogP contribution in [0.4, 0.5) is 0 Å². The summed E-state index contributed by atoms with van der Waals surface area (Å²) in [5.74, 6) is -0.957. The Morgan fingerprint density at radius 3 is 2.91 bits per heavy atom. The van der Waals surface area contributed by atoms with E-state index in [-0.39, 0.29) is 24.1 Å². The van der Waals surface area contributed by atoms with Crippen LogP contribution in [0.1, 0.15) is 16.2 Å². The van der Waals surface area contributed by atoms with Gasteiger partial charge in [-0.1, -0.05) is 0 Å². The summed E-state index contributed by atoms with van der Waals surface area (Å²) in [4.78, 5) is 32.4. The van der Waals surface area contributed by atoms with Crippen molar-refractivity contribution in [3.63, 3.8) is 0 Å². The fourth-order valence-corrected chi connectivity index (χ4v) is 2.41. The van der Waals surface area contributed by atoms with E-state index in [1.165, 1.54) is 13.2 Å². The van der Waals surface area contributed by atoms with E-state index in [1.54, 1.807) is 6.20 Å². The number of amides is 1. The summed E-state index contributed by atoms with van der Waals surface area (Å²) in [5.41, 5.74) is 1.04. The lowest BCUT2D eigenvalue weighted by Gasteiger charge is -2.21. The summed E-state index contributed by atoms with van der Waals surface area (Å²) in [6.07, 6.45) is 3.66. The number of carboxylic acid groups (broad SMARTS) is 1. The van der Waals surface area contributed by atoms with Gasteiger partial charge in [-0.25, -0.2) is 4.98 Å². The Hall–Kier alpha value is -2.06. The van der Waals surface area contributed by atoms with Crippen molar-refractivity contribution in [3.8, 4) is 0 Å². The molecule has 0 radical (unpaired) electrons. The molecule has 2 rings (SSSR count). The molecule has 1 unspecified atom stereocenters. The largest absolute Gasteiger partial charge is 0.480 e. The molecule has 1 atom stereocenters. The predicted molar refractivity (Wildman–Crippen MR) is 77.5 cm³/mol. The summed E-state index contributed by atoms with van der Waals surface area (Å²) >= 11 is 0. The smallest absolute Gasteiger partial charge is 0.317 e. The third-order valence-corrected chi connectivity index (χ3v) is 3.44. The summed E-state index contributed by atoms with van der Waals surface area (Å²) < 4.78 is 5.52. The van der Waals surface area contributed by atoms with Gasteiger partial charge < -0.3 is 15.2 Å². The minimum atomic E-state index is -0.838. The zero-order valence-corrected chi connectivity index (χ0v) is 12.5. The van der Waals surface area contributed by atoms with Crippen LogP contribution in [0.15, 0.2) is 12.4 Å². The van der Waals surface area contributed by atoms with E-state index in [0.29, 0.717) is 32.7 Å². The minimum Gasteiger partial charge on any atom is -0.480 e. The number of nitrogens with one attached hydrogen (secondary N) is 1. The van der Waals surface area contributed by atoms with E-state index in [9.17, 15) is 9.59 Å². The molecule has 1 aliphatic heterocycles. The molecule has 1 saturated heterocycles. The van der Waals surface area contributed by atoms with Gasteiger partial charge in [-0.3, -0.25) is 19.5 Å². The van der Waals surface area contributed by atoms with Gasteiger partial charge in [-0.2, -0.15) is 0 Å². The molecule has 120 valence electrons. The number of aliphatic carboxylic acids is 1. The lowest BCUT2D eigenvalue weighted by Crippen LogP contribution is -2.35. The van der Waals surface area contributed by atoms with Crippen LogP contribution in [0, 0.1) is 5.92 Å². The number of aromatic nitrogens is 2.